The number of carbonyl (C=O) groups excluding carboxylic acids is 2. The second kappa shape index (κ2) is 14.7. The Hall–Kier alpha value is -5.60. The summed E-state index contributed by atoms with van der Waals surface area (Å²) in [7, 11) is 0. The van der Waals surface area contributed by atoms with Gasteiger partial charge in [-0.05, 0) is 63.6 Å². The molecule has 2 N–H and O–H groups in total. The number of aromatic nitrogens is 8. The van der Waals surface area contributed by atoms with E-state index in [9.17, 15) is 9.59 Å². The summed E-state index contributed by atoms with van der Waals surface area (Å²) in [6.45, 7) is 13.6. The molecule has 0 atom stereocenters. The second-order valence-corrected chi connectivity index (χ2v) is 12.6. The van der Waals surface area contributed by atoms with E-state index >= 15 is 0 Å². The topological polar surface area (TPSA) is 142 Å². The molecule has 1 aliphatic heterocycles. The van der Waals surface area contributed by atoms with Gasteiger partial charge in [0.2, 0.25) is 11.9 Å². The smallest absolute Gasteiger partial charge is 0.276 e. The maximum atomic E-state index is 13.6. The number of nitrogens with zero attached hydrogens (tertiary/aromatic N) is 9. The van der Waals surface area contributed by atoms with Crippen molar-refractivity contribution >= 4 is 45.8 Å². The Morgan fingerprint density at radius 1 is 0.765 bits per heavy atom. The summed E-state index contributed by atoms with van der Waals surface area (Å²) in [5, 5.41) is 15.0. The predicted octanol–water partition coefficient (Wildman–Crippen LogP) is 5.03. The molecule has 2 aromatic carbocycles. The molecule has 0 radical (unpaired) electrons. The van der Waals surface area contributed by atoms with E-state index in [4.69, 9.17) is 14.7 Å². The van der Waals surface area contributed by atoms with Gasteiger partial charge in [-0.25, -0.2) is 9.97 Å². The number of rotatable bonds is 12. The molecular weight excluding hydrogens is 646 g/mol. The first-order valence-electron chi connectivity index (χ1n) is 17.4. The maximum absolute atomic E-state index is 13.6. The summed E-state index contributed by atoms with van der Waals surface area (Å²) in [5.41, 5.74) is 7.09. The van der Waals surface area contributed by atoms with Crippen molar-refractivity contribution in [2.24, 2.45) is 0 Å². The number of hydrogen-bond donors (Lipinski definition) is 2. The average Bonchev–Trinajstić information content (AvgIpc) is 3.90. The normalized spacial score (nSPS) is 13.9. The lowest BCUT2D eigenvalue weighted by atomic mass is 10.1. The molecule has 0 unspecified atom stereocenters. The highest BCUT2D eigenvalue weighted by molar-refractivity contribution is 6.04. The number of hydrogen-bond acceptors (Lipinski definition) is 8. The molecule has 1 saturated heterocycles. The van der Waals surface area contributed by atoms with Crippen LogP contribution < -0.4 is 10.6 Å². The van der Waals surface area contributed by atoms with Gasteiger partial charge in [0, 0.05) is 45.8 Å². The van der Waals surface area contributed by atoms with Crippen molar-refractivity contribution in [2.75, 3.05) is 36.9 Å². The van der Waals surface area contributed by atoms with Gasteiger partial charge in [-0.3, -0.25) is 34.5 Å². The van der Waals surface area contributed by atoms with E-state index < -0.39 is 0 Å². The van der Waals surface area contributed by atoms with Crippen molar-refractivity contribution in [2.45, 2.75) is 60.4 Å². The first-order chi connectivity index (χ1) is 24.8. The fourth-order valence-corrected chi connectivity index (χ4v) is 6.65. The lowest BCUT2D eigenvalue weighted by molar-refractivity contribution is 0.0343. The number of aryl methyl sites for hydroxylation is 4. The van der Waals surface area contributed by atoms with Crippen LogP contribution in [0.4, 0.5) is 11.9 Å². The third-order valence-electron chi connectivity index (χ3n) is 9.06. The summed E-state index contributed by atoms with van der Waals surface area (Å²) < 4.78 is 13.0. The first-order valence-corrected chi connectivity index (χ1v) is 17.4. The zero-order valence-electron chi connectivity index (χ0n) is 29.5. The number of amides is 2. The SMILES string of the molecule is CCn1nc(C)cc1C(=O)Nc1nc2ccccc2n1CC=CCn1c(NC(=O)c2cc(C)nn2CC)nc2cccc(CN3CCOCC3)c21. The number of fused-ring (bicyclic) bond motifs is 2. The molecule has 7 rings (SSSR count). The molecule has 5 heterocycles. The molecule has 0 saturated carbocycles. The zero-order valence-corrected chi connectivity index (χ0v) is 29.5. The van der Waals surface area contributed by atoms with Crippen LogP contribution in [0.5, 0.6) is 0 Å². The zero-order chi connectivity index (χ0) is 35.5. The van der Waals surface area contributed by atoms with Crippen LogP contribution in [0.15, 0.2) is 66.7 Å². The summed E-state index contributed by atoms with van der Waals surface area (Å²) in [4.78, 5) is 39.0. The van der Waals surface area contributed by atoms with E-state index in [1.54, 1.807) is 21.5 Å². The molecule has 0 bridgehead atoms. The molecule has 14 heteroatoms. The van der Waals surface area contributed by atoms with Crippen molar-refractivity contribution in [1.82, 2.24) is 43.6 Å². The summed E-state index contributed by atoms with van der Waals surface area (Å²) >= 11 is 0. The van der Waals surface area contributed by atoms with Crippen LogP contribution in [0.25, 0.3) is 22.1 Å². The van der Waals surface area contributed by atoms with E-state index in [0.29, 0.717) is 62.7 Å². The number of carbonyl (C=O) groups is 2. The number of allylic oxidation sites excluding steroid dienone is 2. The number of nitrogens with one attached hydrogen (secondary N) is 2. The van der Waals surface area contributed by atoms with Gasteiger partial charge in [0.1, 0.15) is 11.4 Å². The number of anilines is 2. The van der Waals surface area contributed by atoms with Crippen molar-refractivity contribution in [3.8, 4) is 0 Å². The Labute approximate surface area is 295 Å². The molecule has 4 aromatic heterocycles. The van der Waals surface area contributed by atoms with Crippen LogP contribution in [0, 0.1) is 13.8 Å². The molecule has 2 amide bonds. The fraction of sp³-hybridized carbons (Fsp3) is 0.351. The minimum Gasteiger partial charge on any atom is -0.379 e. The Balaban J connectivity index is 1.19. The van der Waals surface area contributed by atoms with Gasteiger partial charge in [-0.15, -0.1) is 0 Å². The van der Waals surface area contributed by atoms with Gasteiger partial charge in [-0.2, -0.15) is 10.2 Å². The quantitative estimate of drug-likeness (QED) is 0.171. The van der Waals surface area contributed by atoms with E-state index in [-0.39, 0.29) is 11.8 Å². The number of para-hydroxylation sites is 3. The third kappa shape index (κ3) is 7.05. The Morgan fingerprint density at radius 2 is 1.33 bits per heavy atom. The highest BCUT2D eigenvalue weighted by atomic mass is 16.5. The maximum Gasteiger partial charge on any atom is 0.276 e. The Bertz CT molecular complexity index is 2230. The van der Waals surface area contributed by atoms with Crippen LogP contribution in [-0.2, 0) is 37.5 Å². The molecule has 6 aromatic rings. The van der Waals surface area contributed by atoms with E-state index in [0.717, 1.165) is 58.7 Å². The van der Waals surface area contributed by atoms with Gasteiger partial charge in [0.15, 0.2) is 0 Å². The average molecular weight is 690 g/mol. The molecule has 51 heavy (non-hydrogen) atoms. The van der Waals surface area contributed by atoms with Crippen molar-refractivity contribution < 1.29 is 14.3 Å². The van der Waals surface area contributed by atoms with Gasteiger partial charge >= 0.3 is 0 Å². The Morgan fingerprint density at radius 3 is 1.98 bits per heavy atom. The number of morpholine rings is 1. The summed E-state index contributed by atoms with van der Waals surface area (Å²) in [6, 6.07) is 17.5. The Kier molecular flexibility index (Phi) is 9.77. The molecule has 0 aliphatic carbocycles. The summed E-state index contributed by atoms with van der Waals surface area (Å²) in [6.07, 6.45) is 4.10. The number of imidazole rings is 2. The van der Waals surface area contributed by atoms with Gasteiger partial charge < -0.3 is 13.9 Å². The minimum absolute atomic E-state index is 0.266. The highest BCUT2D eigenvalue weighted by Crippen LogP contribution is 2.26. The molecule has 0 spiro atoms. The molecule has 1 aliphatic rings. The van der Waals surface area contributed by atoms with Crippen molar-refractivity contribution in [3.63, 3.8) is 0 Å². The van der Waals surface area contributed by atoms with E-state index in [1.165, 1.54) is 0 Å². The monoisotopic (exact) mass is 689 g/mol. The lowest BCUT2D eigenvalue weighted by Gasteiger charge is -2.27. The molecular formula is C37H43N11O3. The van der Waals surface area contributed by atoms with Gasteiger partial charge in [0.25, 0.3) is 11.8 Å². The number of ether oxygens (including phenoxy) is 1. The van der Waals surface area contributed by atoms with Crippen LogP contribution >= 0.6 is 0 Å². The first kappa shape index (κ1) is 33.9. The van der Waals surface area contributed by atoms with Crippen LogP contribution in [0.1, 0.15) is 51.8 Å². The van der Waals surface area contributed by atoms with E-state index in [1.807, 2.05) is 74.7 Å². The van der Waals surface area contributed by atoms with Crippen LogP contribution in [-0.4, -0.2) is 81.7 Å². The summed E-state index contributed by atoms with van der Waals surface area (Å²) in [5.74, 6) is 0.372. The molecule has 1 fully saturated rings. The van der Waals surface area contributed by atoms with Crippen LogP contribution in [0.3, 0.4) is 0 Å². The molecule has 14 nitrogen and oxygen atoms in total. The largest absolute Gasteiger partial charge is 0.379 e. The highest BCUT2D eigenvalue weighted by Gasteiger charge is 2.21. The van der Waals surface area contributed by atoms with Gasteiger partial charge in [0.05, 0.1) is 46.7 Å². The van der Waals surface area contributed by atoms with Gasteiger partial charge in [-0.1, -0.05) is 36.4 Å². The molecule has 264 valence electrons. The second-order valence-electron chi connectivity index (χ2n) is 12.6. The number of benzene rings is 2. The lowest BCUT2D eigenvalue weighted by Crippen LogP contribution is -2.35. The van der Waals surface area contributed by atoms with E-state index in [2.05, 4.69) is 42.4 Å². The van der Waals surface area contributed by atoms with Crippen molar-refractivity contribution in [3.05, 3.63) is 95.1 Å². The predicted molar refractivity (Wildman–Crippen MR) is 196 cm³/mol. The third-order valence-corrected chi connectivity index (χ3v) is 9.06. The fourth-order valence-electron chi connectivity index (χ4n) is 6.65. The standard InChI is InChI=1S/C37H43N11O3/c1-5-47-31(22-25(3)42-47)34(49)40-36-38-28-13-7-8-15-30(28)45(36)16-9-10-17-46-33-27(24-44-18-20-51-21-19-44)12-11-14-29(33)39-37(46)41-35(50)32-23-26(4)43-48(32)6-2/h7-15,22-23H,5-6,16-21,24H2,1-4H3,(H,38,40,49)(H,39,41,50). The van der Waals surface area contributed by atoms with Crippen LogP contribution in [0.2, 0.25) is 0 Å². The van der Waals surface area contributed by atoms with Crippen molar-refractivity contribution in [1.29, 1.82) is 0 Å². The minimum atomic E-state index is -0.268.